The maximum atomic E-state index is 10.9. The highest BCUT2D eigenvalue weighted by Gasteiger charge is 2.23. The van der Waals surface area contributed by atoms with Gasteiger partial charge >= 0.3 is 0 Å². The first-order valence-electron chi connectivity index (χ1n) is 5.75. The lowest BCUT2D eigenvalue weighted by molar-refractivity contribution is -0.118. The lowest BCUT2D eigenvalue weighted by atomic mass is 9.95. The van der Waals surface area contributed by atoms with Crippen molar-refractivity contribution in [3.63, 3.8) is 0 Å². The van der Waals surface area contributed by atoms with Crippen LogP contribution in [0.2, 0.25) is 0 Å². The number of carbonyl (C=O) groups excluding carboxylic acids is 1. The molecule has 1 aromatic heterocycles. The average Bonchev–Trinajstić information content (AvgIpc) is 2.61. The number of rotatable bonds is 3. The standard InChI is InChI=1S/C12H18N2O2/c1-8(7-12(13)16)14-6-5-9-10(14)3-2-4-11(9)15/h5-6,8,11,15H,2-4,7H2,1H3,(H2,13,16). The molecule has 0 fully saturated rings. The summed E-state index contributed by atoms with van der Waals surface area (Å²) in [4.78, 5) is 10.9. The molecule has 0 spiro atoms. The Morgan fingerprint density at radius 2 is 2.50 bits per heavy atom. The molecule has 2 atom stereocenters. The zero-order valence-corrected chi connectivity index (χ0v) is 9.52. The van der Waals surface area contributed by atoms with Crippen LogP contribution in [0.25, 0.3) is 0 Å². The molecule has 2 rings (SSSR count). The number of aliphatic hydroxyl groups is 1. The molecule has 1 aliphatic rings. The minimum absolute atomic E-state index is 0.0755. The van der Waals surface area contributed by atoms with E-state index in [1.54, 1.807) is 0 Å². The maximum Gasteiger partial charge on any atom is 0.219 e. The molecular weight excluding hydrogens is 204 g/mol. The SMILES string of the molecule is CC(CC(N)=O)n1ccc2c1CCCC2O. The number of fused-ring (bicyclic) bond motifs is 1. The number of carbonyl (C=O) groups is 1. The molecule has 4 heteroatoms. The Labute approximate surface area is 95.1 Å². The third-order valence-electron chi connectivity index (χ3n) is 3.28. The topological polar surface area (TPSA) is 68.2 Å². The molecule has 3 N–H and O–H groups in total. The number of nitrogens with zero attached hydrogens (tertiary/aromatic N) is 1. The largest absolute Gasteiger partial charge is 0.388 e. The van der Waals surface area contributed by atoms with Crippen LogP contribution in [0.15, 0.2) is 12.3 Å². The monoisotopic (exact) mass is 222 g/mol. The Bertz CT molecular complexity index is 398. The van der Waals surface area contributed by atoms with Crippen LogP contribution in [0.1, 0.15) is 49.6 Å². The minimum Gasteiger partial charge on any atom is -0.388 e. The Kier molecular flexibility index (Phi) is 3.01. The van der Waals surface area contributed by atoms with Gasteiger partial charge in [-0.1, -0.05) is 0 Å². The fraction of sp³-hybridized carbons (Fsp3) is 0.583. The quantitative estimate of drug-likeness (QED) is 0.809. The molecule has 1 heterocycles. The first-order valence-corrected chi connectivity index (χ1v) is 5.75. The summed E-state index contributed by atoms with van der Waals surface area (Å²) >= 11 is 0. The molecule has 0 saturated carbocycles. The Morgan fingerprint density at radius 3 is 3.19 bits per heavy atom. The van der Waals surface area contributed by atoms with Crippen molar-refractivity contribution in [3.05, 3.63) is 23.5 Å². The van der Waals surface area contributed by atoms with Crippen LogP contribution in [0.4, 0.5) is 0 Å². The molecule has 1 aliphatic carbocycles. The third-order valence-corrected chi connectivity index (χ3v) is 3.28. The third kappa shape index (κ3) is 1.97. The molecule has 0 bridgehead atoms. The van der Waals surface area contributed by atoms with Crippen molar-refractivity contribution in [1.82, 2.24) is 4.57 Å². The van der Waals surface area contributed by atoms with Crippen LogP contribution in [0.3, 0.4) is 0 Å². The van der Waals surface area contributed by atoms with E-state index in [9.17, 15) is 9.90 Å². The van der Waals surface area contributed by atoms with Crippen LogP contribution in [-0.2, 0) is 11.2 Å². The molecule has 0 aromatic carbocycles. The highest BCUT2D eigenvalue weighted by Crippen LogP contribution is 2.32. The van der Waals surface area contributed by atoms with Crippen LogP contribution >= 0.6 is 0 Å². The maximum absolute atomic E-state index is 10.9. The van der Waals surface area contributed by atoms with Gasteiger partial charge in [0.25, 0.3) is 0 Å². The first-order chi connectivity index (χ1) is 7.59. The molecule has 16 heavy (non-hydrogen) atoms. The summed E-state index contributed by atoms with van der Waals surface area (Å²) in [5.41, 5.74) is 7.38. The van der Waals surface area contributed by atoms with Gasteiger partial charge in [-0.25, -0.2) is 0 Å². The lowest BCUT2D eigenvalue weighted by Crippen LogP contribution is -2.20. The summed E-state index contributed by atoms with van der Waals surface area (Å²) in [5, 5.41) is 9.83. The molecule has 2 unspecified atom stereocenters. The average molecular weight is 222 g/mol. The zero-order valence-electron chi connectivity index (χ0n) is 9.52. The van der Waals surface area contributed by atoms with Crippen LogP contribution in [0.5, 0.6) is 0 Å². The van der Waals surface area contributed by atoms with Crippen molar-refractivity contribution in [2.45, 2.75) is 44.8 Å². The zero-order chi connectivity index (χ0) is 11.7. The molecule has 1 amide bonds. The van der Waals surface area contributed by atoms with Gasteiger partial charge in [0, 0.05) is 29.9 Å². The molecular formula is C12H18N2O2. The number of amides is 1. The van der Waals surface area contributed by atoms with E-state index in [4.69, 9.17) is 5.73 Å². The molecule has 0 aliphatic heterocycles. The molecule has 4 nitrogen and oxygen atoms in total. The Balaban J connectivity index is 2.25. The minimum atomic E-state index is -0.342. The van der Waals surface area contributed by atoms with Crippen molar-refractivity contribution in [1.29, 1.82) is 0 Å². The van der Waals surface area contributed by atoms with Crippen molar-refractivity contribution in [2.24, 2.45) is 5.73 Å². The van der Waals surface area contributed by atoms with E-state index in [0.29, 0.717) is 6.42 Å². The number of aromatic nitrogens is 1. The number of hydrogen-bond donors (Lipinski definition) is 2. The van der Waals surface area contributed by atoms with Gasteiger partial charge in [-0.05, 0) is 32.3 Å². The van der Waals surface area contributed by atoms with Crippen molar-refractivity contribution < 1.29 is 9.90 Å². The van der Waals surface area contributed by atoms with Crippen molar-refractivity contribution in [2.75, 3.05) is 0 Å². The second-order valence-electron chi connectivity index (χ2n) is 4.55. The summed E-state index contributed by atoms with van der Waals surface area (Å²) in [5.74, 6) is -0.286. The van der Waals surface area contributed by atoms with E-state index in [-0.39, 0.29) is 18.1 Å². The second kappa shape index (κ2) is 4.29. The van der Waals surface area contributed by atoms with E-state index < -0.39 is 0 Å². The van der Waals surface area contributed by atoms with Gasteiger partial charge in [0.2, 0.25) is 5.91 Å². The number of primary amides is 1. The van der Waals surface area contributed by atoms with Crippen LogP contribution in [-0.4, -0.2) is 15.6 Å². The molecule has 0 saturated heterocycles. The molecule has 1 aromatic rings. The van der Waals surface area contributed by atoms with Crippen LogP contribution in [0, 0.1) is 0 Å². The van der Waals surface area contributed by atoms with Gasteiger partial charge in [0.1, 0.15) is 0 Å². The number of aliphatic hydroxyl groups excluding tert-OH is 1. The van der Waals surface area contributed by atoms with Crippen molar-refractivity contribution >= 4 is 5.91 Å². The van der Waals surface area contributed by atoms with E-state index >= 15 is 0 Å². The fourth-order valence-electron chi connectivity index (χ4n) is 2.49. The van der Waals surface area contributed by atoms with E-state index in [1.807, 2.05) is 19.2 Å². The summed E-state index contributed by atoms with van der Waals surface area (Å²) in [6.07, 6.45) is 4.76. The molecule has 88 valence electrons. The summed E-state index contributed by atoms with van der Waals surface area (Å²) in [6, 6.07) is 2.03. The van der Waals surface area contributed by atoms with Gasteiger partial charge in [-0.2, -0.15) is 0 Å². The van der Waals surface area contributed by atoms with Gasteiger partial charge in [0.15, 0.2) is 0 Å². The second-order valence-corrected chi connectivity index (χ2v) is 4.55. The number of hydrogen-bond acceptors (Lipinski definition) is 2. The smallest absolute Gasteiger partial charge is 0.219 e. The van der Waals surface area contributed by atoms with E-state index in [2.05, 4.69) is 4.57 Å². The highest BCUT2D eigenvalue weighted by atomic mass is 16.3. The normalized spacial score (nSPS) is 21.5. The Morgan fingerprint density at radius 1 is 1.75 bits per heavy atom. The van der Waals surface area contributed by atoms with Gasteiger partial charge in [-0.3, -0.25) is 4.79 Å². The number of nitrogens with two attached hydrogens (primary N) is 1. The summed E-state index contributed by atoms with van der Waals surface area (Å²) in [6.45, 7) is 1.98. The first kappa shape index (κ1) is 11.2. The highest BCUT2D eigenvalue weighted by molar-refractivity contribution is 5.74. The Hall–Kier alpha value is -1.29. The fourth-order valence-corrected chi connectivity index (χ4v) is 2.49. The predicted molar refractivity (Wildman–Crippen MR) is 60.9 cm³/mol. The van der Waals surface area contributed by atoms with E-state index in [0.717, 1.165) is 30.5 Å². The van der Waals surface area contributed by atoms with Gasteiger partial charge in [-0.15, -0.1) is 0 Å². The van der Waals surface area contributed by atoms with Gasteiger partial charge in [0.05, 0.1) is 6.10 Å². The predicted octanol–water partition coefficient (Wildman–Crippen LogP) is 1.29. The lowest BCUT2D eigenvalue weighted by Gasteiger charge is -2.22. The van der Waals surface area contributed by atoms with Gasteiger partial charge < -0.3 is 15.4 Å². The summed E-state index contributed by atoms with van der Waals surface area (Å²) < 4.78 is 2.07. The summed E-state index contributed by atoms with van der Waals surface area (Å²) in [7, 11) is 0. The molecule has 0 radical (unpaired) electrons. The van der Waals surface area contributed by atoms with E-state index in [1.165, 1.54) is 0 Å². The van der Waals surface area contributed by atoms with Crippen molar-refractivity contribution in [3.8, 4) is 0 Å². The van der Waals surface area contributed by atoms with Crippen LogP contribution < -0.4 is 5.73 Å².